The molecule has 1 heterocycles. The van der Waals surface area contributed by atoms with Gasteiger partial charge in [-0.2, -0.15) is 0 Å². The number of ether oxygens (including phenoxy) is 1. The Morgan fingerprint density at radius 3 is 2.64 bits per heavy atom. The molecule has 14 heavy (non-hydrogen) atoms. The molecular weight excluding hydrogens is 172 g/mol. The van der Waals surface area contributed by atoms with Gasteiger partial charge >= 0.3 is 0 Å². The van der Waals surface area contributed by atoms with Gasteiger partial charge in [-0.1, -0.05) is 36.4 Å². The first-order valence-electron chi connectivity index (χ1n) is 4.69. The van der Waals surface area contributed by atoms with Crippen LogP contribution in [0.15, 0.2) is 66.7 Å². The molecule has 1 nitrogen and oxygen atoms in total. The summed E-state index contributed by atoms with van der Waals surface area (Å²) in [5.41, 5.74) is 1.30. The molecule has 1 heteroatoms. The molecule has 0 bridgehead atoms. The fourth-order valence-corrected chi connectivity index (χ4v) is 1.30. The number of hydrogen-bond acceptors (Lipinski definition) is 1. The van der Waals surface area contributed by atoms with Crippen molar-refractivity contribution in [2.24, 2.45) is 0 Å². The van der Waals surface area contributed by atoms with Crippen LogP contribution in [0.5, 0.6) is 0 Å². The molecule has 1 aromatic carbocycles. The van der Waals surface area contributed by atoms with E-state index in [1.54, 1.807) is 6.26 Å². The quantitative estimate of drug-likeness (QED) is 0.685. The third-order valence-electron chi connectivity index (χ3n) is 2.04. The summed E-state index contributed by atoms with van der Waals surface area (Å²) >= 11 is 0. The zero-order valence-corrected chi connectivity index (χ0v) is 7.89. The van der Waals surface area contributed by atoms with Crippen molar-refractivity contribution in [1.82, 2.24) is 0 Å². The summed E-state index contributed by atoms with van der Waals surface area (Å²) in [5, 5.41) is 0. The standard InChI is InChI=1S/C13H12O/c1-2-6-12(7-3-1)9-10-13-8-4-5-11-14-13/h1-8,10-11H,9H2. The van der Waals surface area contributed by atoms with Crippen LogP contribution in [-0.4, -0.2) is 0 Å². The van der Waals surface area contributed by atoms with Crippen molar-refractivity contribution >= 4 is 0 Å². The highest BCUT2D eigenvalue weighted by atomic mass is 16.5. The van der Waals surface area contributed by atoms with E-state index in [0.29, 0.717) is 0 Å². The van der Waals surface area contributed by atoms with Crippen molar-refractivity contribution in [3.63, 3.8) is 0 Å². The van der Waals surface area contributed by atoms with Gasteiger partial charge in [0.25, 0.3) is 0 Å². The van der Waals surface area contributed by atoms with Crippen LogP contribution in [0.3, 0.4) is 0 Å². The summed E-state index contributed by atoms with van der Waals surface area (Å²) in [6.07, 6.45) is 10.5. The molecule has 0 amide bonds. The second-order valence-electron chi connectivity index (χ2n) is 3.10. The van der Waals surface area contributed by atoms with Gasteiger partial charge in [0.1, 0.15) is 5.76 Å². The molecular formula is C13H12O. The Bertz CT molecular complexity index is 371. The third kappa shape index (κ3) is 2.36. The fraction of sp³-hybridized carbons (Fsp3) is 0.0769. The molecule has 0 unspecified atom stereocenters. The lowest BCUT2D eigenvalue weighted by Crippen LogP contribution is -1.87. The van der Waals surface area contributed by atoms with Gasteiger partial charge in [-0.25, -0.2) is 0 Å². The molecule has 1 aliphatic rings. The summed E-state index contributed by atoms with van der Waals surface area (Å²) < 4.78 is 5.29. The van der Waals surface area contributed by atoms with E-state index in [1.807, 2.05) is 36.4 Å². The predicted molar refractivity (Wildman–Crippen MR) is 57.6 cm³/mol. The van der Waals surface area contributed by atoms with Gasteiger partial charge in [0.2, 0.25) is 0 Å². The van der Waals surface area contributed by atoms with Crippen molar-refractivity contribution < 1.29 is 4.74 Å². The van der Waals surface area contributed by atoms with Crippen LogP contribution in [0.2, 0.25) is 0 Å². The Kier molecular flexibility index (Phi) is 2.82. The van der Waals surface area contributed by atoms with Gasteiger partial charge in [-0.3, -0.25) is 0 Å². The largest absolute Gasteiger partial charge is 0.465 e. The zero-order chi connectivity index (χ0) is 9.64. The van der Waals surface area contributed by atoms with Gasteiger partial charge in [-0.15, -0.1) is 0 Å². The van der Waals surface area contributed by atoms with Crippen LogP contribution in [0.25, 0.3) is 0 Å². The van der Waals surface area contributed by atoms with Crippen LogP contribution in [0.1, 0.15) is 5.56 Å². The lowest BCUT2D eigenvalue weighted by atomic mass is 10.1. The smallest absolute Gasteiger partial charge is 0.122 e. The summed E-state index contributed by atoms with van der Waals surface area (Å²) in [4.78, 5) is 0. The zero-order valence-electron chi connectivity index (χ0n) is 7.89. The highest BCUT2D eigenvalue weighted by Crippen LogP contribution is 2.08. The van der Waals surface area contributed by atoms with Crippen molar-refractivity contribution in [3.8, 4) is 0 Å². The minimum absolute atomic E-state index is 0.911. The Balaban J connectivity index is 2.00. The van der Waals surface area contributed by atoms with E-state index in [0.717, 1.165) is 12.2 Å². The Labute approximate surface area is 84.0 Å². The van der Waals surface area contributed by atoms with Gasteiger partial charge in [-0.05, 0) is 30.2 Å². The molecule has 0 aliphatic carbocycles. The molecule has 0 spiro atoms. The normalized spacial score (nSPS) is 17.0. The maximum atomic E-state index is 5.29. The van der Waals surface area contributed by atoms with E-state index >= 15 is 0 Å². The number of benzene rings is 1. The minimum Gasteiger partial charge on any atom is -0.465 e. The molecule has 0 atom stereocenters. The first kappa shape index (κ1) is 8.82. The second-order valence-corrected chi connectivity index (χ2v) is 3.10. The molecule has 70 valence electrons. The molecule has 1 aromatic rings. The van der Waals surface area contributed by atoms with Crippen LogP contribution >= 0.6 is 0 Å². The Morgan fingerprint density at radius 1 is 1.07 bits per heavy atom. The molecule has 0 aromatic heterocycles. The minimum atomic E-state index is 0.911. The monoisotopic (exact) mass is 184 g/mol. The maximum absolute atomic E-state index is 5.29. The van der Waals surface area contributed by atoms with Crippen molar-refractivity contribution in [2.45, 2.75) is 6.42 Å². The van der Waals surface area contributed by atoms with Gasteiger partial charge in [0.05, 0.1) is 6.26 Å². The summed E-state index contributed by atoms with van der Waals surface area (Å²) in [6.45, 7) is 0. The van der Waals surface area contributed by atoms with Crippen molar-refractivity contribution in [3.05, 3.63) is 72.2 Å². The van der Waals surface area contributed by atoms with Crippen molar-refractivity contribution in [2.75, 3.05) is 0 Å². The molecule has 0 radical (unpaired) electrons. The van der Waals surface area contributed by atoms with E-state index < -0.39 is 0 Å². The first-order valence-corrected chi connectivity index (χ1v) is 4.69. The number of allylic oxidation sites excluding steroid dienone is 4. The van der Waals surface area contributed by atoms with Crippen LogP contribution in [0.4, 0.5) is 0 Å². The number of rotatable bonds is 2. The van der Waals surface area contributed by atoms with Crippen LogP contribution in [0, 0.1) is 0 Å². The van der Waals surface area contributed by atoms with Crippen LogP contribution < -0.4 is 0 Å². The third-order valence-corrected chi connectivity index (χ3v) is 2.04. The Morgan fingerprint density at radius 2 is 1.93 bits per heavy atom. The lowest BCUT2D eigenvalue weighted by molar-refractivity contribution is 0.363. The first-order chi connectivity index (χ1) is 6.95. The van der Waals surface area contributed by atoms with E-state index in [1.165, 1.54) is 5.56 Å². The number of hydrogen-bond donors (Lipinski definition) is 0. The molecule has 1 aliphatic heterocycles. The molecule has 0 fully saturated rings. The van der Waals surface area contributed by atoms with Crippen LogP contribution in [-0.2, 0) is 11.2 Å². The van der Waals surface area contributed by atoms with Gasteiger partial charge < -0.3 is 4.74 Å². The molecule has 0 N–H and O–H groups in total. The van der Waals surface area contributed by atoms with E-state index in [-0.39, 0.29) is 0 Å². The SMILES string of the molecule is C1=COC(=CCc2ccccc2)C=C1. The predicted octanol–water partition coefficient (Wildman–Crippen LogP) is 3.21. The highest BCUT2D eigenvalue weighted by Gasteiger charge is 1.94. The highest BCUT2D eigenvalue weighted by molar-refractivity contribution is 5.24. The second kappa shape index (κ2) is 4.47. The summed E-state index contributed by atoms with van der Waals surface area (Å²) in [7, 11) is 0. The Hall–Kier alpha value is -1.76. The van der Waals surface area contributed by atoms with E-state index in [2.05, 4.69) is 18.2 Å². The summed E-state index contributed by atoms with van der Waals surface area (Å²) in [6, 6.07) is 10.3. The average molecular weight is 184 g/mol. The topological polar surface area (TPSA) is 9.23 Å². The van der Waals surface area contributed by atoms with Crippen molar-refractivity contribution in [1.29, 1.82) is 0 Å². The van der Waals surface area contributed by atoms with Gasteiger partial charge in [0, 0.05) is 0 Å². The van der Waals surface area contributed by atoms with E-state index in [9.17, 15) is 0 Å². The maximum Gasteiger partial charge on any atom is 0.122 e. The van der Waals surface area contributed by atoms with Gasteiger partial charge in [0.15, 0.2) is 0 Å². The average Bonchev–Trinajstić information content (AvgIpc) is 2.29. The summed E-state index contributed by atoms with van der Waals surface area (Å²) in [5.74, 6) is 0.913. The fourth-order valence-electron chi connectivity index (χ4n) is 1.30. The molecule has 0 saturated carbocycles. The lowest BCUT2D eigenvalue weighted by Gasteiger charge is -2.04. The van der Waals surface area contributed by atoms with E-state index in [4.69, 9.17) is 4.74 Å². The molecule has 2 rings (SSSR count). The molecule has 0 saturated heterocycles.